The number of aromatic nitrogens is 3. The summed E-state index contributed by atoms with van der Waals surface area (Å²) in [6.45, 7) is 0.780. The van der Waals surface area contributed by atoms with E-state index in [9.17, 15) is 9.90 Å². The smallest absolute Gasteiger partial charge is 0.274 e. The highest BCUT2D eigenvalue weighted by Gasteiger charge is 2.35. The summed E-state index contributed by atoms with van der Waals surface area (Å²) in [6.07, 6.45) is 7.66. The van der Waals surface area contributed by atoms with Gasteiger partial charge in [0, 0.05) is 18.9 Å². The summed E-state index contributed by atoms with van der Waals surface area (Å²) in [5.41, 5.74) is 1.75. The van der Waals surface area contributed by atoms with Gasteiger partial charge in [-0.2, -0.15) is 0 Å². The number of hydrogen-bond acceptors (Lipinski definition) is 5. The summed E-state index contributed by atoms with van der Waals surface area (Å²) in [4.78, 5) is 16.7. The molecule has 1 saturated carbocycles. The van der Waals surface area contributed by atoms with E-state index in [1.165, 1.54) is 6.26 Å². The largest absolute Gasteiger partial charge is 0.391 e. The van der Waals surface area contributed by atoms with Gasteiger partial charge in [-0.3, -0.25) is 4.79 Å². The van der Waals surface area contributed by atoms with Crippen molar-refractivity contribution in [1.29, 1.82) is 0 Å². The maximum atomic E-state index is 12.7. The molecule has 4 rings (SSSR count). The lowest BCUT2D eigenvalue weighted by atomic mass is 10.1. The molecule has 134 valence electrons. The third kappa shape index (κ3) is 3.39. The summed E-state index contributed by atoms with van der Waals surface area (Å²) in [5.74, 6) is -0.0414. The normalized spacial score (nSPS) is 22.4. The number of amides is 1. The first-order valence-electron chi connectivity index (χ1n) is 8.65. The average molecular weight is 352 g/mol. The number of benzene rings is 1. The second-order valence-electron chi connectivity index (χ2n) is 6.69. The molecular formula is C19H20N4O3. The maximum Gasteiger partial charge on any atom is 0.274 e. The van der Waals surface area contributed by atoms with Crippen molar-refractivity contribution in [3.63, 3.8) is 0 Å². The van der Waals surface area contributed by atoms with E-state index in [4.69, 9.17) is 4.52 Å². The van der Waals surface area contributed by atoms with Crippen molar-refractivity contribution in [2.75, 3.05) is 0 Å². The lowest BCUT2D eigenvalue weighted by Crippen LogP contribution is -2.40. The molecule has 0 saturated heterocycles. The van der Waals surface area contributed by atoms with Crippen molar-refractivity contribution in [2.24, 2.45) is 5.92 Å². The van der Waals surface area contributed by atoms with E-state index >= 15 is 0 Å². The number of nitrogens with one attached hydrogen (secondary N) is 1. The van der Waals surface area contributed by atoms with Crippen LogP contribution in [0.2, 0.25) is 0 Å². The number of carbonyl (C=O) groups is 1. The van der Waals surface area contributed by atoms with E-state index in [0.29, 0.717) is 18.4 Å². The number of nitrogens with zero attached hydrogens (tertiary/aromatic N) is 3. The number of aliphatic hydroxyl groups excluding tert-OH is 1. The minimum atomic E-state index is -0.570. The lowest BCUT2D eigenvalue weighted by Gasteiger charge is -2.16. The molecule has 0 aliphatic heterocycles. The summed E-state index contributed by atoms with van der Waals surface area (Å²) < 4.78 is 7.01. The first-order chi connectivity index (χ1) is 12.7. The molecule has 1 fully saturated rings. The topological polar surface area (TPSA) is 93.2 Å². The summed E-state index contributed by atoms with van der Waals surface area (Å²) >= 11 is 0. The van der Waals surface area contributed by atoms with Gasteiger partial charge >= 0.3 is 0 Å². The fraction of sp³-hybridized carbons (Fsp3) is 0.316. The Kier molecular flexibility index (Phi) is 4.53. The van der Waals surface area contributed by atoms with Gasteiger partial charge in [-0.05, 0) is 24.3 Å². The van der Waals surface area contributed by atoms with Crippen LogP contribution < -0.4 is 5.32 Å². The van der Waals surface area contributed by atoms with Crippen molar-refractivity contribution < 1.29 is 14.4 Å². The Bertz CT molecular complexity index is 860. The van der Waals surface area contributed by atoms with E-state index in [-0.39, 0.29) is 23.6 Å². The molecule has 26 heavy (non-hydrogen) atoms. The standard InChI is InChI=1S/C19H20N4O3/c24-17-9-13(10-23-7-6-20-12-23)8-16(17)21-19(25)18-15(11-26-22-18)14-4-2-1-3-5-14/h1-7,11-13,16-17,24H,8-10H2,(H,21,25)/t13?,16-,17-/m1/s1. The molecule has 0 spiro atoms. The van der Waals surface area contributed by atoms with E-state index < -0.39 is 6.10 Å². The number of imidazole rings is 1. The molecule has 1 aliphatic rings. The molecule has 1 unspecified atom stereocenters. The van der Waals surface area contributed by atoms with Gasteiger partial charge in [0.1, 0.15) is 6.26 Å². The molecule has 1 aromatic carbocycles. The van der Waals surface area contributed by atoms with Gasteiger partial charge in [0.25, 0.3) is 5.91 Å². The van der Waals surface area contributed by atoms with Gasteiger partial charge in [0.05, 0.1) is 24.0 Å². The number of aliphatic hydroxyl groups is 1. The van der Waals surface area contributed by atoms with Crippen molar-refractivity contribution in [1.82, 2.24) is 20.0 Å². The molecule has 0 bridgehead atoms. The quantitative estimate of drug-likeness (QED) is 0.733. The minimum absolute atomic E-state index is 0.237. The van der Waals surface area contributed by atoms with Crippen LogP contribution in [0.15, 0.2) is 59.8 Å². The van der Waals surface area contributed by atoms with E-state index in [1.807, 2.05) is 41.1 Å². The Hall–Kier alpha value is -2.93. The molecule has 2 N–H and O–H groups in total. The fourth-order valence-corrected chi connectivity index (χ4v) is 3.58. The van der Waals surface area contributed by atoms with Crippen molar-refractivity contribution in [2.45, 2.75) is 31.5 Å². The Morgan fingerprint density at radius 1 is 1.31 bits per heavy atom. The van der Waals surface area contributed by atoms with E-state index in [0.717, 1.165) is 12.1 Å². The van der Waals surface area contributed by atoms with Crippen molar-refractivity contribution >= 4 is 5.91 Å². The zero-order valence-corrected chi connectivity index (χ0v) is 14.2. The Balaban J connectivity index is 1.43. The highest BCUT2D eigenvalue weighted by molar-refractivity contribution is 5.98. The van der Waals surface area contributed by atoms with E-state index in [2.05, 4.69) is 15.5 Å². The first kappa shape index (κ1) is 16.5. The number of carbonyl (C=O) groups excluding carboxylic acids is 1. The highest BCUT2D eigenvalue weighted by atomic mass is 16.5. The van der Waals surface area contributed by atoms with Gasteiger partial charge in [0.15, 0.2) is 5.69 Å². The minimum Gasteiger partial charge on any atom is -0.391 e. The predicted octanol–water partition coefficient (Wildman–Crippen LogP) is 2.11. The van der Waals surface area contributed by atoms with Crippen LogP contribution in [0.4, 0.5) is 0 Å². The Labute approximate surface area is 150 Å². The average Bonchev–Trinajstić information content (AvgIpc) is 3.38. The first-order valence-corrected chi connectivity index (χ1v) is 8.65. The molecular weight excluding hydrogens is 332 g/mol. The second kappa shape index (κ2) is 7.13. The zero-order valence-electron chi connectivity index (χ0n) is 14.2. The Morgan fingerprint density at radius 2 is 2.15 bits per heavy atom. The molecule has 7 heteroatoms. The maximum absolute atomic E-state index is 12.7. The van der Waals surface area contributed by atoms with E-state index in [1.54, 1.807) is 12.5 Å². The summed E-state index contributed by atoms with van der Waals surface area (Å²) in [7, 11) is 0. The van der Waals surface area contributed by atoms with Crippen LogP contribution in [-0.2, 0) is 6.54 Å². The van der Waals surface area contributed by atoms with Gasteiger partial charge < -0.3 is 19.5 Å². The molecule has 3 aromatic rings. The molecule has 3 atom stereocenters. The molecule has 0 radical (unpaired) electrons. The van der Waals surface area contributed by atoms with Crippen LogP contribution in [0.25, 0.3) is 11.1 Å². The van der Waals surface area contributed by atoms with Crippen LogP contribution in [0, 0.1) is 5.92 Å². The summed E-state index contributed by atoms with van der Waals surface area (Å²) in [6, 6.07) is 9.20. The monoisotopic (exact) mass is 352 g/mol. The molecule has 7 nitrogen and oxygen atoms in total. The van der Waals surface area contributed by atoms with Crippen LogP contribution in [0.5, 0.6) is 0 Å². The Morgan fingerprint density at radius 3 is 2.92 bits per heavy atom. The third-order valence-electron chi connectivity index (χ3n) is 4.84. The lowest BCUT2D eigenvalue weighted by molar-refractivity contribution is 0.0864. The van der Waals surface area contributed by atoms with Crippen LogP contribution in [0.3, 0.4) is 0 Å². The van der Waals surface area contributed by atoms with Gasteiger partial charge in [-0.1, -0.05) is 35.5 Å². The van der Waals surface area contributed by atoms with Crippen LogP contribution >= 0.6 is 0 Å². The van der Waals surface area contributed by atoms with Crippen LogP contribution in [0.1, 0.15) is 23.3 Å². The summed E-state index contributed by atoms with van der Waals surface area (Å²) in [5, 5.41) is 17.1. The van der Waals surface area contributed by atoms with Crippen molar-refractivity contribution in [3.8, 4) is 11.1 Å². The molecule has 1 amide bonds. The number of rotatable bonds is 5. The van der Waals surface area contributed by atoms with Gasteiger partial charge in [-0.15, -0.1) is 0 Å². The van der Waals surface area contributed by atoms with Crippen molar-refractivity contribution in [3.05, 3.63) is 61.0 Å². The second-order valence-corrected chi connectivity index (χ2v) is 6.69. The SMILES string of the molecule is O=C(N[C@@H]1CC(Cn2ccnc2)C[C@H]1O)c1nocc1-c1ccccc1. The third-order valence-corrected chi connectivity index (χ3v) is 4.84. The highest BCUT2D eigenvalue weighted by Crippen LogP contribution is 2.29. The van der Waals surface area contributed by atoms with Gasteiger partial charge in [-0.25, -0.2) is 4.98 Å². The molecule has 2 heterocycles. The van der Waals surface area contributed by atoms with Gasteiger partial charge in [0.2, 0.25) is 0 Å². The fourth-order valence-electron chi connectivity index (χ4n) is 3.58. The molecule has 2 aromatic heterocycles. The predicted molar refractivity (Wildman–Crippen MR) is 94.2 cm³/mol. The number of hydrogen-bond donors (Lipinski definition) is 2. The van der Waals surface area contributed by atoms with Crippen LogP contribution in [-0.4, -0.2) is 37.9 Å². The molecule has 1 aliphatic carbocycles. The zero-order chi connectivity index (χ0) is 17.9.